The number of amides is 2. The van der Waals surface area contributed by atoms with E-state index in [1.54, 1.807) is 12.0 Å². The van der Waals surface area contributed by atoms with E-state index >= 15 is 0 Å². The Labute approximate surface area is 207 Å². The third-order valence-corrected chi connectivity index (χ3v) is 6.75. The van der Waals surface area contributed by atoms with Gasteiger partial charge in [-0.05, 0) is 48.2 Å². The van der Waals surface area contributed by atoms with Gasteiger partial charge in [-0.2, -0.15) is 0 Å². The number of hydrogen-bond acceptors (Lipinski definition) is 4. The first-order valence-electron chi connectivity index (χ1n) is 12.1. The van der Waals surface area contributed by atoms with E-state index in [-0.39, 0.29) is 6.03 Å². The van der Waals surface area contributed by atoms with Crippen molar-refractivity contribution < 1.29 is 14.3 Å². The molecule has 184 valence electrons. The SMILES string of the molecule is COCCN(C(=O)NCc1cccc(-n2cccc2)c1)C1(C=O)CCN(Cc2ccccc2)CC1. The van der Waals surface area contributed by atoms with Crippen molar-refractivity contribution in [1.29, 1.82) is 0 Å². The van der Waals surface area contributed by atoms with Gasteiger partial charge in [-0.3, -0.25) is 4.90 Å². The standard InChI is InChI=1S/C28H34N4O3/c1-35-19-18-32(27(34)29-21-25-10-7-11-26(20-25)31-14-5-6-15-31)28(23-33)12-16-30(17-13-28)22-24-8-3-2-4-9-24/h2-11,14-15,20,23H,12-13,16-19,21-22H2,1H3,(H,29,34). The van der Waals surface area contributed by atoms with Gasteiger partial charge in [0.1, 0.15) is 11.8 Å². The molecule has 35 heavy (non-hydrogen) atoms. The molecule has 0 unspecified atom stereocenters. The van der Waals surface area contributed by atoms with Crippen LogP contribution in [0.25, 0.3) is 5.69 Å². The number of likely N-dealkylation sites (tertiary alicyclic amines) is 1. The van der Waals surface area contributed by atoms with Crippen LogP contribution in [0.5, 0.6) is 0 Å². The zero-order valence-corrected chi connectivity index (χ0v) is 20.3. The molecule has 1 N–H and O–H groups in total. The van der Waals surface area contributed by atoms with E-state index < -0.39 is 5.54 Å². The average molecular weight is 475 g/mol. The van der Waals surface area contributed by atoms with E-state index in [2.05, 4.69) is 28.4 Å². The van der Waals surface area contributed by atoms with Gasteiger partial charge in [0.25, 0.3) is 0 Å². The molecule has 1 aliphatic rings. The van der Waals surface area contributed by atoms with Gasteiger partial charge in [0.05, 0.1) is 6.61 Å². The molecule has 0 aliphatic carbocycles. The summed E-state index contributed by atoms with van der Waals surface area (Å²) in [5.41, 5.74) is 2.45. The number of ether oxygens (including phenoxy) is 1. The Hall–Kier alpha value is -3.42. The molecular weight excluding hydrogens is 440 g/mol. The molecule has 1 aromatic heterocycles. The fourth-order valence-corrected chi connectivity index (χ4v) is 4.71. The van der Waals surface area contributed by atoms with Gasteiger partial charge in [0.2, 0.25) is 0 Å². The number of rotatable bonds is 10. The first kappa shape index (κ1) is 24.7. The van der Waals surface area contributed by atoms with Crippen molar-refractivity contribution in [3.63, 3.8) is 0 Å². The lowest BCUT2D eigenvalue weighted by Gasteiger charge is -2.45. The minimum absolute atomic E-state index is 0.239. The van der Waals surface area contributed by atoms with Crippen molar-refractivity contribution in [2.45, 2.75) is 31.5 Å². The van der Waals surface area contributed by atoms with Crippen LogP contribution in [0.2, 0.25) is 0 Å². The molecule has 3 aromatic rings. The van der Waals surface area contributed by atoms with Crippen LogP contribution in [0.15, 0.2) is 79.1 Å². The molecule has 7 heteroatoms. The highest BCUT2D eigenvalue weighted by Gasteiger charge is 2.42. The van der Waals surface area contributed by atoms with Crippen LogP contribution in [0.4, 0.5) is 4.79 Å². The Balaban J connectivity index is 1.41. The second-order valence-electron chi connectivity index (χ2n) is 9.05. The predicted molar refractivity (Wildman–Crippen MR) is 136 cm³/mol. The molecule has 2 amide bonds. The maximum Gasteiger partial charge on any atom is 0.318 e. The quantitative estimate of drug-likeness (QED) is 0.453. The van der Waals surface area contributed by atoms with Gasteiger partial charge in [-0.25, -0.2) is 4.79 Å². The summed E-state index contributed by atoms with van der Waals surface area (Å²) in [6, 6.07) is 22.1. The monoisotopic (exact) mass is 474 g/mol. The fraction of sp³-hybridized carbons (Fsp3) is 0.357. The highest BCUT2D eigenvalue weighted by molar-refractivity contribution is 5.80. The van der Waals surface area contributed by atoms with Gasteiger partial charge < -0.3 is 24.3 Å². The number of urea groups is 1. The Morgan fingerprint density at radius 3 is 2.43 bits per heavy atom. The minimum atomic E-state index is -0.831. The molecule has 1 saturated heterocycles. The second kappa shape index (κ2) is 11.8. The number of carbonyl (C=O) groups excluding carboxylic acids is 2. The van der Waals surface area contributed by atoms with E-state index in [0.29, 0.717) is 32.5 Å². The molecule has 0 atom stereocenters. The number of aldehydes is 1. The number of nitrogens with one attached hydrogen (secondary N) is 1. The van der Waals surface area contributed by atoms with Crippen molar-refractivity contribution in [2.24, 2.45) is 0 Å². The molecule has 7 nitrogen and oxygen atoms in total. The summed E-state index contributed by atoms with van der Waals surface area (Å²) in [5.74, 6) is 0. The van der Waals surface area contributed by atoms with Gasteiger partial charge in [0.15, 0.2) is 0 Å². The third-order valence-electron chi connectivity index (χ3n) is 6.75. The average Bonchev–Trinajstić information content (AvgIpc) is 3.45. The lowest BCUT2D eigenvalue weighted by Crippen LogP contribution is -2.61. The Kier molecular flexibility index (Phi) is 8.34. The highest BCUT2D eigenvalue weighted by atomic mass is 16.5. The third kappa shape index (κ3) is 6.18. The van der Waals surface area contributed by atoms with Crippen molar-refractivity contribution in [3.8, 4) is 5.69 Å². The molecule has 0 spiro atoms. The summed E-state index contributed by atoms with van der Waals surface area (Å²) in [5, 5.41) is 3.04. The van der Waals surface area contributed by atoms with Gasteiger partial charge >= 0.3 is 6.03 Å². The topological polar surface area (TPSA) is 66.8 Å². The summed E-state index contributed by atoms with van der Waals surface area (Å²) in [7, 11) is 1.61. The zero-order valence-electron chi connectivity index (χ0n) is 20.3. The number of piperidine rings is 1. The summed E-state index contributed by atoms with van der Waals surface area (Å²) in [4.78, 5) is 29.8. The molecule has 0 bridgehead atoms. The first-order valence-corrected chi connectivity index (χ1v) is 12.1. The van der Waals surface area contributed by atoms with Gasteiger partial charge in [-0.15, -0.1) is 0 Å². The highest BCUT2D eigenvalue weighted by Crippen LogP contribution is 2.28. The van der Waals surface area contributed by atoms with E-state index in [0.717, 1.165) is 37.2 Å². The normalized spacial score (nSPS) is 15.5. The zero-order chi connectivity index (χ0) is 24.5. The maximum atomic E-state index is 13.4. The summed E-state index contributed by atoms with van der Waals surface area (Å²) < 4.78 is 7.30. The Morgan fingerprint density at radius 2 is 1.74 bits per heavy atom. The van der Waals surface area contributed by atoms with E-state index in [4.69, 9.17) is 4.74 Å². The molecule has 0 radical (unpaired) electrons. The van der Waals surface area contributed by atoms with Crippen LogP contribution >= 0.6 is 0 Å². The van der Waals surface area contributed by atoms with Crippen LogP contribution in [-0.4, -0.2) is 65.6 Å². The van der Waals surface area contributed by atoms with Crippen LogP contribution < -0.4 is 5.32 Å². The van der Waals surface area contributed by atoms with Crippen LogP contribution in [0.1, 0.15) is 24.0 Å². The number of methoxy groups -OCH3 is 1. The van der Waals surface area contributed by atoms with E-state index in [1.165, 1.54) is 5.56 Å². The van der Waals surface area contributed by atoms with E-state index in [1.807, 2.05) is 65.5 Å². The fourth-order valence-electron chi connectivity index (χ4n) is 4.71. The predicted octanol–water partition coefficient (Wildman–Crippen LogP) is 3.87. The van der Waals surface area contributed by atoms with Crippen molar-refractivity contribution >= 4 is 12.3 Å². The lowest BCUT2D eigenvalue weighted by molar-refractivity contribution is -0.120. The number of carbonyl (C=O) groups is 2. The smallest absolute Gasteiger partial charge is 0.318 e. The van der Waals surface area contributed by atoms with Crippen molar-refractivity contribution in [3.05, 3.63) is 90.3 Å². The van der Waals surface area contributed by atoms with Crippen molar-refractivity contribution in [2.75, 3.05) is 33.4 Å². The number of aromatic nitrogens is 1. The van der Waals surface area contributed by atoms with Gasteiger partial charge in [-0.1, -0.05) is 42.5 Å². The molecule has 1 fully saturated rings. The maximum absolute atomic E-state index is 13.4. The molecule has 2 heterocycles. The molecule has 0 saturated carbocycles. The minimum Gasteiger partial charge on any atom is -0.383 e. The summed E-state index contributed by atoms with van der Waals surface area (Å²) in [6.07, 6.45) is 6.15. The molecule has 2 aromatic carbocycles. The second-order valence-corrected chi connectivity index (χ2v) is 9.05. The van der Waals surface area contributed by atoms with Gasteiger partial charge in [0, 0.05) is 57.9 Å². The molecule has 1 aliphatic heterocycles. The summed E-state index contributed by atoms with van der Waals surface area (Å²) in [6.45, 7) is 3.47. The molecular formula is C28H34N4O3. The lowest BCUT2D eigenvalue weighted by atomic mass is 9.87. The first-order chi connectivity index (χ1) is 17.1. The Bertz CT molecular complexity index is 1080. The molecule has 4 rings (SSSR count). The number of nitrogens with zero attached hydrogens (tertiary/aromatic N) is 3. The number of benzene rings is 2. The number of hydrogen-bond donors (Lipinski definition) is 1. The Morgan fingerprint density at radius 1 is 1.03 bits per heavy atom. The van der Waals surface area contributed by atoms with Crippen LogP contribution in [0.3, 0.4) is 0 Å². The van der Waals surface area contributed by atoms with Crippen molar-refractivity contribution in [1.82, 2.24) is 19.7 Å². The van der Waals surface area contributed by atoms with Crippen LogP contribution in [-0.2, 0) is 22.6 Å². The van der Waals surface area contributed by atoms with E-state index in [9.17, 15) is 9.59 Å². The van der Waals surface area contributed by atoms with Crippen LogP contribution in [0, 0.1) is 0 Å². The summed E-state index contributed by atoms with van der Waals surface area (Å²) >= 11 is 0. The largest absolute Gasteiger partial charge is 0.383 e.